The van der Waals surface area contributed by atoms with Crippen molar-refractivity contribution in [2.45, 2.75) is 252 Å². The van der Waals surface area contributed by atoms with Crippen LogP contribution in [0.5, 0.6) is 0 Å². The Morgan fingerprint density at radius 1 is 0.320 bits per heavy atom. The minimum absolute atomic E-state index is 0.0654. The molecule has 0 bridgehead atoms. The van der Waals surface area contributed by atoms with Crippen molar-refractivity contribution < 1.29 is 28.6 Å². The van der Waals surface area contributed by atoms with Crippen molar-refractivity contribution in [1.29, 1.82) is 0 Å². The van der Waals surface area contributed by atoms with Crippen LogP contribution in [-0.2, 0) is 28.6 Å². The first-order valence-electron chi connectivity index (χ1n) is 22.0. The largest absolute Gasteiger partial charge is 0.462 e. The quantitative estimate of drug-likeness (QED) is 0.0358. The van der Waals surface area contributed by atoms with Gasteiger partial charge in [0.1, 0.15) is 13.2 Å². The smallest absolute Gasteiger partial charge is 0.306 e. The predicted molar refractivity (Wildman–Crippen MR) is 210 cm³/mol. The van der Waals surface area contributed by atoms with Crippen LogP contribution < -0.4 is 0 Å². The molecule has 0 aromatic rings. The second kappa shape index (κ2) is 40.2. The zero-order valence-corrected chi connectivity index (χ0v) is 33.7. The van der Waals surface area contributed by atoms with Gasteiger partial charge in [0.15, 0.2) is 6.10 Å². The van der Waals surface area contributed by atoms with Crippen molar-refractivity contribution >= 4 is 17.9 Å². The molecule has 0 aliphatic carbocycles. The molecule has 0 radical (unpaired) electrons. The van der Waals surface area contributed by atoms with E-state index >= 15 is 0 Å². The van der Waals surface area contributed by atoms with Crippen molar-refractivity contribution in [3.63, 3.8) is 0 Å². The Labute approximate surface area is 310 Å². The molecule has 296 valence electrons. The molecule has 0 aliphatic heterocycles. The average Bonchev–Trinajstić information content (AvgIpc) is 3.11. The molecule has 0 heterocycles. The summed E-state index contributed by atoms with van der Waals surface area (Å²) in [5, 5.41) is 0. The Hall–Kier alpha value is -1.59. The lowest BCUT2D eigenvalue weighted by Gasteiger charge is -2.18. The van der Waals surface area contributed by atoms with Gasteiger partial charge in [-0.1, -0.05) is 207 Å². The molecule has 0 aromatic heterocycles. The van der Waals surface area contributed by atoms with E-state index in [4.69, 9.17) is 14.2 Å². The summed E-state index contributed by atoms with van der Waals surface area (Å²) in [5.74, 6) is -0.882. The molecule has 6 heteroatoms. The highest BCUT2D eigenvalue weighted by Crippen LogP contribution is 2.16. The summed E-state index contributed by atoms with van der Waals surface area (Å²) in [6.45, 7) is 6.51. The van der Waals surface area contributed by atoms with Gasteiger partial charge in [-0.2, -0.15) is 0 Å². The van der Waals surface area contributed by atoms with Gasteiger partial charge in [-0.15, -0.1) is 0 Å². The van der Waals surface area contributed by atoms with Crippen molar-refractivity contribution in [2.24, 2.45) is 0 Å². The third kappa shape index (κ3) is 37.7. The van der Waals surface area contributed by atoms with Crippen LogP contribution in [0.3, 0.4) is 0 Å². The topological polar surface area (TPSA) is 78.9 Å². The molecular weight excluding hydrogens is 624 g/mol. The Bertz CT molecular complexity index is 738. The minimum Gasteiger partial charge on any atom is -0.462 e. The molecule has 1 atom stereocenters. The number of hydrogen-bond donors (Lipinski definition) is 0. The van der Waals surface area contributed by atoms with Crippen LogP contribution in [0.15, 0.2) is 0 Å². The van der Waals surface area contributed by atoms with E-state index < -0.39 is 6.10 Å². The molecule has 0 aliphatic rings. The fourth-order valence-corrected chi connectivity index (χ4v) is 6.50. The highest BCUT2D eigenvalue weighted by Gasteiger charge is 2.19. The number of unbranched alkanes of at least 4 members (excludes halogenated alkanes) is 29. The van der Waals surface area contributed by atoms with Gasteiger partial charge in [0, 0.05) is 19.3 Å². The summed E-state index contributed by atoms with van der Waals surface area (Å²) in [6, 6.07) is 0. The maximum atomic E-state index is 12.5. The van der Waals surface area contributed by atoms with E-state index in [0.29, 0.717) is 19.3 Å². The first-order valence-corrected chi connectivity index (χ1v) is 22.0. The molecule has 0 rings (SSSR count). The Morgan fingerprint density at radius 2 is 0.540 bits per heavy atom. The lowest BCUT2D eigenvalue weighted by atomic mass is 10.0. The Kier molecular flexibility index (Phi) is 38.9. The van der Waals surface area contributed by atoms with E-state index in [9.17, 15) is 14.4 Å². The second-order valence-corrected chi connectivity index (χ2v) is 15.0. The predicted octanol–water partition coefficient (Wildman–Crippen LogP) is 13.7. The lowest BCUT2D eigenvalue weighted by Crippen LogP contribution is -2.30. The van der Waals surface area contributed by atoms with Crippen LogP contribution in [0.1, 0.15) is 245 Å². The summed E-state index contributed by atoms with van der Waals surface area (Å²) < 4.78 is 16.5. The fourth-order valence-electron chi connectivity index (χ4n) is 6.50. The fraction of sp³-hybridized carbons (Fsp3) is 0.932. The molecule has 6 nitrogen and oxygen atoms in total. The summed E-state index contributed by atoms with van der Waals surface area (Å²) in [6.07, 6.45) is 40.1. The van der Waals surface area contributed by atoms with Gasteiger partial charge in [-0.05, 0) is 19.3 Å². The monoisotopic (exact) mass is 709 g/mol. The van der Waals surface area contributed by atoms with Crippen molar-refractivity contribution in [1.82, 2.24) is 0 Å². The van der Waals surface area contributed by atoms with Crippen LogP contribution in [0.25, 0.3) is 0 Å². The van der Waals surface area contributed by atoms with E-state index in [0.717, 1.165) is 64.2 Å². The molecule has 0 saturated heterocycles. The van der Waals surface area contributed by atoms with Crippen LogP contribution in [-0.4, -0.2) is 37.2 Å². The molecule has 0 amide bonds. The summed E-state index contributed by atoms with van der Waals surface area (Å²) in [4.78, 5) is 37.1. The van der Waals surface area contributed by atoms with E-state index in [2.05, 4.69) is 20.8 Å². The standard InChI is InChI=1S/C44H84O6/c1-4-7-10-13-15-16-17-18-19-20-21-22-23-24-25-26-27-28-29-32-34-37-43(46)49-40-41(39-48-42(45)36-33-30-12-9-6-3)50-44(47)38-35-31-14-11-8-5-2/h41H,4-40H2,1-3H3. The minimum atomic E-state index is -0.754. The molecule has 0 N–H and O–H groups in total. The zero-order chi connectivity index (χ0) is 36.6. The van der Waals surface area contributed by atoms with Gasteiger partial charge in [0.2, 0.25) is 0 Å². The summed E-state index contributed by atoms with van der Waals surface area (Å²) in [7, 11) is 0. The molecule has 1 unspecified atom stereocenters. The summed E-state index contributed by atoms with van der Waals surface area (Å²) >= 11 is 0. The van der Waals surface area contributed by atoms with Crippen molar-refractivity contribution in [3.05, 3.63) is 0 Å². The molecule has 0 spiro atoms. The van der Waals surface area contributed by atoms with Crippen LogP contribution in [0, 0.1) is 0 Å². The lowest BCUT2D eigenvalue weighted by molar-refractivity contribution is -0.167. The normalized spacial score (nSPS) is 11.8. The number of rotatable bonds is 40. The van der Waals surface area contributed by atoms with Crippen LogP contribution in [0.4, 0.5) is 0 Å². The first kappa shape index (κ1) is 48.4. The van der Waals surface area contributed by atoms with E-state index in [1.54, 1.807) is 0 Å². The maximum Gasteiger partial charge on any atom is 0.306 e. The van der Waals surface area contributed by atoms with Gasteiger partial charge < -0.3 is 14.2 Å². The van der Waals surface area contributed by atoms with E-state index in [-0.39, 0.29) is 31.1 Å². The molecule has 0 fully saturated rings. The van der Waals surface area contributed by atoms with Crippen molar-refractivity contribution in [2.75, 3.05) is 13.2 Å². The van der Waals surface area contributed by atoms with Gasteiger partial charge in [-0.3, -0.25) is 14.4 Å². The number of carbonyl (C=O) groups excluding carboxylic acids is 3. The van der Waals surface area contributed by atoms with Gasteiger partial charge in [-0.25, -0.2) is 0 Å². The highest BCUT2D eigenvalue weighted by atomic mass is 16.6. The highest BCUT2D eigenvalue weighted by molar-refractivity contribution is 5.71. The number of hydrogen-bond acceptors (Lipinski definition) is 6. The molecule has 50 heavy (non-hydrogen) atoms. The molecule has 0 aromatic carbocycles. The van der Waals surface area contributed by atoms with Crippen LogP contribution >= 0.6 is 0 Å². The van der Waals surface area contributed by atoms with Crippen molar-refractivity contribution in [3.8, 4) is 0 Å². The zero-order valence-electron chi connectivity index (χ0n) is 33.7. The van der Waals surface area contributed by atoms with Crippen LogP contribution in [0.2, 0.25) is 0 Å². The van der Waals surface area contributed by atoms with E-state index in [1.807, 2.05) is 0 Å². The third-order valence-electron chi connectivity index (χ3n) is 9.86. The third-order valence-corrected chi connectivity index (χ3v) is 9.86. The Morgan fingerprint density at radius 3 is 0.800 bits per heavy atom. The maximum absolute atomic E-state index is 12.5. The first-order chi connectivity index (χ1) is 24.5. The Balaban J connectivity index is 3.94. The van der Waals surface area contributed by atoms with E-state index in [1.165, 1.54) is 141 Å². The second-order valence-electron chi connectivity index (χ2n) is 15.0. The van der Waals surface area contributed by atoms with Gasteiger partial charge in [0.05, 0.1) is 0 Å². The van der Waals surface area contributed by atoms with Gasteiger partial charge >= 0.3 is 17.9 Å². The number of esters is 3. The SMILES string of the molecule is CCCCCCCCCCCCCCCCCCCCCCCC(=O)OCC(COC(=O)CCCCCCC)OC(=O)CCCCCCCC. The summed E-state index contributed by atoms with van der Waals surface area (Å²) in [5.41, 5.74) is 0. The van der Waals surface area contributed by atoms with Gasteiger partial charge in [0.25, 0.3) is 0 Å². The number of carbonyl (C=O) groups is 3. The molecular formula is C44H84O6. The molecule has 0 saturated carbocycles. The number of ether oxygens (including phenoxy) is 3. The average molecular weight is 709 g/mol.